The number of hydrogen-bond acceptors (Lipinski definition) is 3. The van der Waals surface area contributed by atoms with Crippen LogP contribution >= 0.6 is 11.3 Å². The molecule has 1 rings (SSSR count). The van der Waals surface area contributed by atoms with Crippen LogP contribution in [-0.2, 0) is 11.2 Å². The lowest BCUT2D eigenvalue weighted by Gasteiger charge is -2.34. The Balaban J connectivity index is 2.41. The highest BCUT2D eigenvalue weighted by Crippen LogP contribution is 2.32. The smallest absolute Gasteiger partial charge is 0.0587 e. The number of thiophene rings is 1. The van der Waals surface area contributed by atoms with E-state index in [1.165, 1.54) is 17.7 Å². The largest absolute Gasteiger partial charge is 0.383 e. The Morgan fingerprint density at radius 3 is 2.78 bits per heavy atom. The predicted molar refractivity (Wildman–Crippen MR) is 80.3 cm³/mol. The van der Waals surface area contributed by atoms with E-state index in [1.807, 2.05) is 11.3 Å². The Morgan fingerprint density at radius 2 is 2.22 bits per heavy atom. The molecular formula is C15H27NOS. The lowest BCUT2D eigenvalue weighted by molar-refractivity contribution is 0.168. The van der Waals surface area contributed by atoms with Crippen molar-refractivity contribution < 1.29 is 4.74 Å². The fourth-order valence-corrected chi connectivity index (χ4v) is 2.70. The first-order chi connectivity index (χ1) is 8.58. The van der Waals surface area contributed by atoms with Gasteiger partial charge in [0, 0.05) is 25.1 Å². The van der Waals surface area contributed by atoms with Gasteiger partial charge in [-0.2, -0.15) is 0 Å². The van der Waals surface area contributed by atoms with Crippen molar-refractivity contribution in [1.82, 2.24) is 5.32 Å². The van der Waals surface area contributed by atoms with E-state index in [4.69, 9.17) is 4.74 Å². The molecule has 1 N–H and O–H groups in total. The Labute approximate surface area is 116 Å². The molecule has 0 aliphatic rings. The molecule has 0 aromatic carbocycles. The van der Waals surface area contributed by atoms with Crippen molar-refractivity contribution in [2.45, 2.75) is 33.6 Å². The number of aryl methyl sites for hydroxylation is 1. The summed E-state index contributed by atoms with van der Waals surface area (Å²) in [5.41, 5.74) is 0.359. The van der Waals surface area contributed by atoms with Gasteiger partial charge in [-0.15, -0.1) is 11.3 Å². The lowest BCUT2D eigenvalue weighted by atomic mass is 9.75. The molecule has 3 heteroatoms. The molecule has 0 spiro atoms. The summed E-state index contributed by atoms with van der Waals surface area (Å²) < 4.78 is 5.08. The SMILES string of the molecule is COCCNCC(C)(CCc1cccs1)C(C)C. The van der Waals surface area contributed by atoms with Crippen LogP contribution < -0.4 is 5.32 Å². The highest BCUT2D eigenvalue weighted by molar-refractivity contribution is 7.09. The maximum Gasteiger partial charge on any atom is 0.0587 e. The maximum atomic E-state index is 5.08. The van der Waals surface area contributed by atoms with E-state index in [9.17, 15) is 0 Å². The molecule has 0 saturated carbocycles. The summed E-state index contributed by atoms with van der Waals surface area (Å²) in [6.07, 6.45) is 2.43. The standard InChI is InChI=1S/C15H27NOS/c1-13(2)15(3,12-16-9-10-17-4)8-7-14-6-5-11-18-14/h5-6,11,13,16H,7-10,12H2,1-4H3. The fourth-order valence-electron chi connectivity index (χ4n) is 1.99. The molecule has 1 aromatic rings. The molecule has 0 amide bonds. The zero-order valence-electron chi connectivity index (χ0n) is 12.2. The Kier molecular flexibility index (Phi) is 6.90. The second-order valence-corrected chi connectivity index (χ2v) is 6.59. The van der Waals surface area contributed by atoms with Crippen molar-refractivity contribution in [1.29, 1.82) is 0 Å². The average Bonchev–Trinajstić information content (AvgIpc) is 2.85. The van der Waals surface area contributed by atoms with Crippen LogP contribution in [0.1, 0.15) is 32.1 Å². The summed E-state index contributed by atoms with van der Waals surface area (Å²) in [6.45, 7) is 9.85. The summed E-state index contributed by atoms with van der Waals surface area (Å²) >= 11 is 1.87. The van der Waals surface area contributed by atoms with E-state index in [0.29, 0.717) is 11.3 Å². The van der Waals surface area contributed by atoms with Crippen LogP contribution in [0.5, 0.6) is 0 Å². The van der Waals surface area contributed by atoms with E-state index in [1.54, 1.807) is 7.11 Å². The molecular weight excluding hydrogens is 242 g/mol. The zero-order valence-corrected chi connectivity index (χ0v) is 13.0. The predicted octanol–water partition coefficient (Wildman–Crippen LogP) is 3.58. The molecule has 0 saturated heterocycles. The molecule has 18 heavy (non-hydrogen) atoms. The van der Waals surface area contributed by atoms with E-state index in [-0.39, 0.29) is 0 Å². The first kappa shape index (κ1) is 15.7. The Bertz CT molecular complexity index is 310. The van der Waals surface area contributed by atoms with Gasteiger partial charge < -0.3 is 10.1 Å². The van der Waals surface area contributed by atoms with Crippen LogP contribution in [-0.4, -0.2) is 26.8 Å². The van der Waals surface area contributed by atoms with Crippen LogP contribution in [0.2, 0.25) is 0 Å². The summed E-state index contributed by atoms with van der Waals surface area (Å²) in [4.78, 5) is 1.50. The molecule has 2 nitrogen and oxygen atoms in total. The number of nitrogens with one attached hydrogen (secondary N) is 1. The molecule has 0 aliphatic carbocycles. The van der Waals surface area contributed by atoms with Gasteiger partial charge in [-0.25, -0.2) is 0 Å². The van der Waals surface area contributed by atoms with Crippen molar-refractivity contribution >= 4 is 11.3 Å². The molecule has 1 heterocycles. The molecule has 0 radical (unpaired) electrons. The van der Waals surface area contributed by atoms with Gasteiger partial charge in [-0.05, 0) is 35.6 Å². The van der Waals surface area contributed by atoms with Gasteiger partial charge in [-0.3, -0.25) is 0 Å². The van der Waals surface area contributed by atoms with Crippen LogP contribution in [0.3, 0.4) is 0 Å². The summed E-state index contributed by atoms with van der Waals surface area (Å²) in [5, 5.41) is 5.68. The summed E-state index contributed by atoms with van der Waals surface area (Å²) in [6, 6.07) is 4.38. The quantitative estimate of drug-likeness (QED) is 0.692. The maximum absolute atomic E-state index is 5.08. The van der Waals surface area contributed by atoms with E-state index in [2.05, 4.69) is 43.6 Å². The first-order valence-corrected chi connectivity index (χ1v) is 7.68. The second kappa shape index (κ2) is 7.93. The first-order valence-electron chi connectivity index (χ1n) is 6.80. The molecule has 1 unspecified atom stereocenters. The third-order valence-electron chi connectivity index (χ3n) is 3.93. The molecule has 0 bridgehead atoms. The topological polar surface area (TPSA) is 21.3 Å². The zero-order chi connectivity index (χ0) is 13.4. The number of ether oxygens (including phenoxy) is 1. The Morgan fingerprint density at radius 1 is 1.44 bits per heavy atom. The van der Waals surface area contributed by atoms with Crippen LogP contribution in [0.15, 0.2) is 17.5 Å². The highest BCUT2D eigenvalue weighted by atomic mass is 32.1. The normalized spacial score (nSPS) is 14.9. The van der Waals surface area contributed by atoms with Gasteiger partial charge in [0.2, 0.25) is 0 Å². The second-order valence-electron chi connectivity index (χ2n) is 5.56. The lowest BCUT2D eigenvalue weighted by Crippen LogP contribution is -2.37. The van der Waals surface area contributed by atoms with E-state index >= 15 is 0 Å². The summed E-state index contributed by atoms with van der Waals surface area (Å²) in [5.74, 6) is 0.688. The molecule has 104 valence electrons. The molecule has 0 aliphatic heterocycles. The van der Waals surface area contributed by atoms with E-state index in [0.717, 1.165) is 19.7 Å². The van der Waals surface area contributed by atoms with Gasteiger partial charge in [0.25, 0.3) is 0 Å². The minimum atomic E-state index is 0.359. The minimum Gasteiger partial charge on any atom is -0.383 e. The molecule has 0 fully saturated rings. The van der Waals surface area contributed by atoms with Crippen molar-refractivity contribution in [3.8, 4) is 0 Å². The third-order valence-corrected chi connectivity index (χ3v) is 4.86. The third kappa shape index (κ3) is 5.09. The van der Waals surface area contributed by atoms with Crippen molar-refractivity contribution in [2.75, 3.05) is 26.8 Å². The van der Waals surface area contributed by atoms with Gasteiger partial charge in [0.15, 0.2) is 0 Å². The highest BCUT2D eigenvalue weighted by Gasteiger charge is 2.27. The van der Waals surface area contributed by atoms with Gasteiger partial charge >= 0.3 is 0 Å². The Hall–Kier alpha value is -0.380. The van der Waals surface area contributed by atoms with E-state index < -0.39 is 0 Å². The monoisotopic (exact) mass is 269 g/mol. The van der Waals surface area contributed by atoms with Crippen molar-refractivity contribution in [2.24, 2.45) is 11.3 Å². The van der Waals surface area contributed by atoms with Gasteiger partial charge in [-0.1, -0.05) is 26.8 Å². The van der Waals surface area contributed by atoms with Crippen LogP contribution in [0, 0.1) is 11.3 Å². The summed E-state index contributed by atoms with van der Waals surface area (Å²) in [7, 11) is 1.75. The molecule has 1 atom stereocenters. The van der Waals surface area contributed by atoms with Gasteiger partial charge in [0.1, 0.15) is 0 Å². The molecule has 1 aromatic heterocycles. The van der Waals surface area contributed by atoms with Crippen LogP contribution in [0.4, 0.5) is 0 Å². The number of hydrogen-bond donors (Lipinski definition) is 1. The number of rotatable bonds is 9. The van der Waals surface area contributed by atoms with Crippen molar-refractivity contribution in [3.05, 3.63) is 22.4 Å². The number of methoxy groups -OCH3 is 1. The van der Waals surface area contributed by atoms with Gasteiger partial charge in [0.05, 0.1) is 6.61 Å². The average molecular weight is 269 g/mol. The fraction of sp³-hybridized carbons (Fsp3) is 0.733. The van der Waals surface area contributed by atoms with Crippen molar-refractivity contribution in [3.63, 3.8) is 0 Å². The van der Waals surface area contributed by atoms with Crippen LogP contribution in [0.25, 0.3) is 0 Å². The minimum absolute atomic E-state index is 0.359.